The predicted octanol–water partition coefficient (Wildman–Crippen LogP) is 1.10. The van der Waals surface area contributed by atoms with E-state index in [1.54, 1.807) is 19.2 Å². The Balaban J connectivity index is 2.17. The summed E-state index contributed by atoms with van der Waals surface area (Å²) in [5.74, 6) is 0.637. The van der Waals surface area contributed by atoms with E-state index in [2.05, 4.69) is 0 Å². The summed E-state index contributed by atoms with van der Waals surface area (Å²) in [7, 11) is 1.56. The van der Waals surface area contributed by atoms with Crippen LogP contribution in [0.25, 0.3) is 0 Å². The maximum absolute atomic E-state index is 11.8. The molecule has 0 aromatic heterocycles. The highest BCUT2D eigenvalue weighted by Crippen LogP contribution is 2.23. The molecule has 0 bridgehead atoms. The second-order valence-electron chi connectivity index (χ2n) is 3.91. The van der Waals surface area contributed by atoms with Crippen molar-refractivity contribution in [3.63, 3.8) is 0 Å². The zero-order valence-corrected chi connectivity index (χ0v) is 9.91. The molecule has 92 valence electrons. The molecule has 2 amide bonds. The largest absolute Gasteiger partial charge is 0.466 e. The van der Waals surface area contributed by atoms with Gasteiger partial charge in [-0.15, -0.1) is 0 Å². The van der Waals surface area contributed by atoms with Gasteiger partial charge in [0.15, 0.2) is 6.23 Å². The Morgan fingerprint density at radius 2 is 2.00 bits per heavy atom. The van der Waals surface area contributed by atoms with E-state index in [1.165, 1.54) is 9.80 Å². The van der Waals surface area contributed by atoms with Crippen LogP contribution in [0.2, 0.25) is 0 Å². The molecule has 1 aliphatic heterocycles. The molecule has 1 N–H and O–H groups in total. The van der Waals surface area contributed by atoms with Gasteiger partial charge in [-0.05, 0) is 19.1 Å². The van der Waals surface area contributed by atoms with E-state index >= 15 is 0 Å². The molecule has 1 aromatic rings. The topological polar surface area (TPSA) is 53.0 Å². The van der Waals surface area contributed by atoms with Crippen molar-refractivity contribution in [3.05, 3.63) is 30.3 Å². The standard InChI is InChI=1S/C12H16N2O3/c1-3-14-11(10(15)13(2)12(14)16)17-9-7-5-4-6-8-9/h4-8,10-11,15H,3H2,1-2H3. The Morgan fingerprint density at radius 3 is 2.59 bits per heavy atom. The highest BCUT2D eigenvalue weighted by Gasteiger charge is 2.43. The first-order valence-corrected chi connectivity index (χ1v) is 5.58. The smallest absolute Gasteiger partial charge is 0.324 e. The summed E-state index contributed by atoms with van der Waals surface area (Å²) in [6.07, 6.45) is -1.59. The van der Waals surface area contributed by atoms with Gasteiger partial charge in [0, 0.05) is 13.6 Å². The third-order valence-corrected chi connectivity index (χ3v) is 2.85. The number of aliphatic hydroxyl groups excluding tert-OH is 1. The number of hydrogen-bond acceptors (Lipinski definition) is 3. The number of amides is 2. The fourth-order valence-electron chi connectivity index (χ4n) is 1.86. The van der Waals surface area contributed by atoms with Gasteiger partial charge < -0.3 is 9.84 Å². The lowest BCUT2D eigenvalue weighted by Crippen LogP contribution is -2.41. The Kier molecular flexibility index (Phi) is 3.19. The molecule has 1 heterocycles. The van der Waals surface area contributed by atoms with Crippen molar-refractivity contribution in [1.82, 2.24) is 9.80 Å². The van der Waals surface area contributed by atoms with Gasteiger partial charge in [0.2, 0.25) is 6.23 Å². The Bertz CT molecular complexity index is 396. The molecule has 2 unspecified atom stereocenters. The summed E-state index contributed by atoms with van der Waals surface area (Å²) < 4.78 is 5.65. The van der Waals surface area contributed by atoms with Crippen molar-refractivity contribution in [3.8, 4) is 5.75 Å². The van der Waals surface area contributed by atoms with Crippen molar-refractivity contribution in [2.24, 2.45) is 0 Å². The second kappa shape index (κ2) is 4.63. The molecule has 0 aliphatic carbocycles. The first-order chi connectivity index (χ1) is 8.15. The van der Waals surface area contributed by atoms with Crippen LogP contribution in [0, 0.1) is 0 Å². The van der Waals surface area contributed by atoms with E-state index in [4.69, 9.17) is 4.74 Å². The van der Waals surface area contributed by atoms with Crippen molar-refractivity contribution < 1.29 is 14.6 Å². The van der Waals surface area contributed by atoms with Crippen molar-refractivity contribution in [1.29, 1.82) is 0 Å². The van der Waals surface area contributed by atoms with Gasteiger partial charge in [-0.3, -0.25) is 9.80 Å². The molecule has 0 saturated carbocycles. The first kappa shape index (κ1) is 11.7. The summed E-state index contributed by atoms with van der Waals surface area (Å²) in [6, 6.07) is 8.94. The van der Waals surface area contributed by atoms with Crippen LogP contribution >= 0.6 is 0 Å². The molecule has 2 atom stereocenters. The quantitative estimate of drug-likeness (QED) is 0.855. The maximum atomic E-state index is 11.8. The third-order valence-electron chi connectivity index (χ3n) is 2.85. The number of rotatable bonds is 3. The van der Waals surface area contributed by atoms with Crippen LogP contribution in [-0.2, 0) is 0 Å². The lowest BCUT2D eigenvalue weighted by atomic mass is 10.3. The lowest BCUT2D eigenvalue weighted by molar-refractivity contribution is -0.0442. The van der Waals surface area contributed by atoms with Crippen molar-refractivity contribution in [2.45, 2.75) is 19.4 Å². The molecule has 2 rings (SSSR count). The van der Waals surface area contributed by atoms with E-state index in [9.17, 15) is 9.90 Å². The van der Waals surface area contributed by atoms with Gasteiger partial charge in [-0.1, -0.05) is 18.2 Å². The highest BCUT2D eigenvalue weighted by molar-refractivity contribution is 5.77. The minimum absolute atomic E-state index is 0.221. The predicted molar refractivity (Wildman–Crippen MR) is 62.4 cm³/mol. The molecule has 5 heteroatoms. The van der Waals surface area contributed by atoms with Crippen molar-refractivity contribution >= 4 is 6.03 Å². The minimum atomic E-state index is -0.942. The number of carbonyl (C=O) groups is 1. The van der Waals surface area contributed by atoms with Gasteiger partial charge in [0.25, 0.3) is 0 Å². The summed E-state index contributed by atoms with van der Waals surface area (Å²) in [6.45, 7) is 2.35. The number of benzene rings is 1. The lowest BCUT2D eigenvalue weighted by Gasteiger charge is -2.23. The molecule has 5 nitrogen and oxygen atoms in total. The first-order valence-electron chi connectivity index (χ1n) is 5.58. The third kappa shape index (κ3) is 2.06. The molecule has 1 saturated heterocycles. The number of likely N-dealkylation sites (N-methyl/N-ethyl adjacent to an activating group) is 2. The van der Waals surface area contributed by atoms with E-state index in [0.29, 0.717) is 12.3 Å². The summed E-state index contributed by atoms with van der Waals surface area (Å²) in [4.78, 5) is 14.5. The van der Waals surface area contributed by atoms with Crippen LogP contribution in [0.3, 0.4) is 0 Å². The van der Waals surface area contributed by atoms with Crippen LogP contribution < -0.4 is 4.74 Å². The number of aliphatic hydroxyl groups is 1. The van der Waals surface area contributed by atoms with Gasteiger partial charge >= 0.3 is 6.03 Å². The van der Waals surface area contributed by atoms with E-state index in [0.717, 1.165) is 0 Å². The second-order valence-corrected chi connectivity index (χ2v) is 3.91. The summed E-state index contributed by atoms with van der Waals surface area (Å²) in [5.41, 5.74) is 0. The molecule has 0 radical (unpaired) electrons. The van der Waals surface area contributed by atoms with Crippen LogP contribution in [-0.4, -0.2) is 47.0 Å². The number of urea groups is 1. The highest BCUT2D eigenvalue weighted by atomic mass is 16.5. The molecule has 0 spiro atoms. The molecule has 17 heavy (non-hydrogen) atoms. The van der Waals surface area contributed by atoms with Crippen LogP contribution in [0.5, 0.6) is 5.75 Å². The monoisotopic (exact) mass is 236 g/mol. The molecule has 1 fully saturated rings. The molecule has 1 aliphatic rings. The Hall–Kier alpha value is -1.75. The van der Waals surface area contributed by atoms with Gasteiger partial charge in [-0.2, -0.15) is 0 Å². The molecule has 1 aromatic carbocycles. The van der Waals surface area contributed by atoms with Gasteiger partial charge in [0.1, 0.15) is 5.75 Å². The molecular weight excluding hydrogens is 220 g/mol. The number of ether oxygens (including phenoxy) is 1. The van der Waals surface area contributed by atoms with Crippen LogP contribution in [0.1, 0.15) is 6.92 Å². The normalized spacial score (nSPS) is 24.3. The van der Waals surface area contributed by atoms with Crippen LogP contribution in [0.15, 0.2) is 30.3 Å². The zero-order chi connectivity index (χ0) is 12.4. The average Bonchev–Trinajstić information content (AvgIpc) is 2.55. The van der Waals surface area contributed by atoms with E-state index in [-0.39, 0.29) is 6.03 Å². The van der Waals surface area contributed by atoms with Crippen molar-refractivity contribution in [2.75, 3.05) is 13.6 Å². The fraction of sp³-hybridized carbons (Fsp3) is 0.417. The number of carbonyl (C=O) groups excluding carboxylic acids is 1. The number of para-hydroxylation sites is 1. The Morgan fingerprint density at radius 1 is 1.35 bits per heavy atom. The van der Waals surface area contributed by atoms with E-state index in [1.807, 2.05) is 25.1 Å². The number of hydrogen-bond donors (Lipinski definition) is 1. The SMILES string of the molecule is CCN1C(=O)N(C)C(O)C1Oc1ccccc1. The van der Waals surface area contributed by atoms with E-state index < -0.39 is 12.5 Å². The fourth-order valence-corrected chi connectivity index (χ4v) is 1.86. The number of nitrogens with zero attached hydrogens (tertiary/aromatic N) is 2. The van der Waals surface area contributed by atoms with Gasteiger partial charge in [-0.25, -0.2) is 4.79 Å². The minimum Gasteiger partial charge on any atom is -0.466 e. The molecular formula is C12H16N2O3. The van der Waals surface area contributed by atoms with Gasteiger partial charge in [0.05, 0.1) is 0 Å². The summed E-state index contributed by atoms with van der Waals surface area (Å²) >= 11 is 0. The maximum Gasteiger partial charge on any atom is 0.324 e. The average molecular weight is 236 g/mol. The Labute approximate surface area is 100 Å². The summed E-state index contributed by atoms with van der Waals surface area (Å²) in [5, 5.41) is 9.93. The van der Waals surface area contributed by atoms with Crippen LogP contribution in [0.4, 0.5) is 4.79 Å². The zero-order valence-electron chi connectivity index (χ0n) is 9.91.